The number of carbonyl (C=O) groups is 2. The third-order valence-corrected chi connectivity index (χ3v) is 3.68. The van der Waals surface area contributed by atoms with Gasteiger partial charge in [-0.1, -0.05) is 6.08 Å². The van der Waals surface area contributed by atoms with Crippen LogP contribution in [0.25, 0.3) is 0 Å². The molecule has 0 aromatic heterocycles. The number of phenolic OH excluding ortho intramolecular Hbond substituents is 3. The molecule has 1 aromatic rings. The predicted molar refractivity (Wildman–Crippen MR) is 82.2 cm³/mol. The molecule has 22 heavy (non-hydrogen) atoms. The van der Waals surface area contributed by atoms with E-state index in [1.807, 2.05) is 0 Å². The highest BCUT2D eigenvalue weighted by Crippen LogP contribution is 2.35. The van der Waals surface area contributed by atoms with Gasteiger partial charge in [0.25, 0.3) is 5.91 Å². The summed E-state index contributed by atoms with van der Waals surface area (Å²) < 4.78 is 4.61. The first-order chi connectivity index (χ1) is 10.4. The summed E-state index contributed by atoms with van der Waals surface area (Å²) in [5.41, 5.74) is -0.101. The lowest BCUT2D eigenvalue weighted by molar-refractivity contribution is -0.142. The third kappa shape index (κ3) is 4.59. The summed E-state index contributed by atoms with van der Waals surface area (Å²) in [6, 6.07) is 1.08. The van der Waals surface area contributed by atoms with Crippen molar-refractivity contribution in [2.45, 2.75) is 6.04 Å². The summed E-state index contributed by atoms with van der Waals surface area (Å²) in [5, 5.41) is 30.5. The molecule has 0 saturated heterocycles. The number of amides is 1. The average molecular weight is 327 g/mol. The van der Waals surface area contributed by atoms with E-state index >= 15 is 0 Å². The molecule has 0 aliphatic heterocycles. The number of thioether (sulfide) groups is 1. The smallest absolute Gasteiger partial charge is 0.329 e. The molecule has 8 heteroatoms. The van der Waals surface area contributed by atoms with Gasteiger partial charge in [0, 0.05) is 17.1 Å². The van der Waals surface area contributed by atoms with Crippen molar-refractivity contribution in [2.24, 2.45) is 0 Å². The summed E-state index contributed by atoms with van der Waals surface area (Å²) >= 11 is 1.38. The van der Waals surface area contributed by atoms with Crippen molar-refractivity contribution < 1.29 is 29.6 Å². The average Bonchev–Trinajstić information content (AvgIpc) is 2.50. The van der Waals surface area contributed by atoms with Gasteiger partial charge in [0.2, 0.25) is 0 Å². The number of ether oxygens (including phenoxy) is 1. The normalized spacial score (nSPS) is 11.5. The van der Waals surface area contributed by atoms with Crippen LogP contribution in [0.5, 0.6) is 17.2 Å². The van der Waals surface area contributed by atoms with Crippen LogP contribution in [-0.2, 0) is 9.53 Å². The van der Waals surface area contributed by atoms with Gasteiger partial charge in [-0.15, -0.1) is 6.58 Å². The van der Waals surface area contributed by atoms with Crippen molar-refractivity contribution in [3.8, 4) is 17.2 Å². The predicted octanol–water partition coefficient (Wildman–Crippen LogP) is 0.994. The van der Waals surface area contributed by atoms with Gasteiger partial charge in [-0.05, 0) is 12.1 Å². The maximum absolute atomic E-state index is 12.1. The second-order valence-electron chi connectivity index (χ2n) is 4.24. The summed E-state index contributed by atoms with van der Waals surface area (Å²) in [7, 11) is 1.21. The molecule has 0 bridgehead atoms. The third-order valence-electron chi connectivity index (χ3n) is 2.64. The zero-order valence-corrected chi connectivity index (χ0v) is 12.7. The van der Waals surface area contributed by atoms with Crippen LogP contribution in [0, 0.1) is 0 Å². The number of benzene rings is 1. The van der Waals surface area contributed by atoms with E-state index in [4.69, 9.17) is 0 Å². The molecule has 1 amide bonds. The molecule has 0 radical (unpaired) electrons. The largest absolute Gasteiger partial charge is 0.504 e. The van der Waals surface area contributed by atoms with Gasteiger partial charge in [0.1, 0.15) is 6.04 Å². The Morgan fingerprint density at radius 1 is 1.36 bits per heavy atom. The number of nitrogens with one attached hydrogen (secondary N) is 1. The standard InChI is InChI=1S/C14H17NO6S/c1-3-4-22-7-9(14(20)21-2)15-13(19)8-5-10(16)12(18)11(17)6-8/h3,5-6,9,16-18H,1,4,7H2,2H3,(H,15,19)/t9-/m0/s1. The number of esters is 1. The maximum atomic E-state index is 12.1. The van der Waals surface area contributed by atoms with Gasteiger partial charge in [0.15, 0.2) is 17.2 Å². The number of aromatic hydroxyl groups is 3. The Bertz CT molecular complexity index is 551. The molecular formula is C14H17NO6S. The minimum absolute atomic E-state index is 0.101. The topological polar surface area (TPSA) is 116 Å². The summed E-state index contributed by atoms with van der Waals surface area (Å²) in [4.78, 5) is 23.7. The van der Waals surface area contributed by atoms with Crippen molar-refractivity contribution in [1.82, 2.24) is 5.32 Å². The number of phenols is 3. The second kappa shape index (κ2) is 8.18. The van der Waals surface area contributed by atoms with Crippen LogP contribution in [0.2, 0.25) is 0 Å². The molecule has 0 unspecified atom stereocenters. The highest BCUT2D eigenvalue weighted by atomic mass is 32.2. The van der Waals surface area contributed by atoms with Gasteiger partial charge in [0.05, 0.1) is 7.11 Å². The zero-order chi connectivity index (χ0) is 16.7. The van der Waals surface area contributed by atoms with Crippen molar-refractivity contribution in [1.29, 1.82) is 0 Å². The minimum atomic E-state index is -0.888. The van der Waals surface area contributed by atoms with E-state index in [-0.39, 0.29) is 11.3 Å². The molecule has 7 nitrogen and oxygen atoms in total. The Labute approximate surface area is 131 Å². The molecule has 120 valence electrons. The maximum Gasteiger partial charge on any atom is 0.329 e. The van der Waals surface area contributed by atoms with Crippen molar-refractivity contribution in [3.05, 3.63) is 30.4 Å². The number of carbonyl (C=O) groups excluding carboxylic acids is 2. The van der Waals surface area contributed by atoms with Gasteiger partial charge >= 0.3 is 5.97 Å². The van der Waals surface area contributed by atoms with Crippen molar-refractivity contribution >= 4 is 23.6 Å². The van der Waals surface area contributed by atoms with Crippen LogP contribution in [-0.4, -0.2) is 51.9 Å². The Balaban J connectivity index is 2.86. The Hall–Kier alpha value is -2.35. The van der Waals surface area contributed by atoms with Gasteiger partial charge < -0.3 is 25.4 Å². The first-order valence-corrected chi connectivity index (χ1v) is 7.38. The molecule has 1 aromatic carbocycles. The first-order valence-electron chi connectivity index (χ1n) is 6.23. The lowest BCUT2D eigenvalue weighted by atomic mass is 10.1. The summed E-state index contributed by atoms with van der Waals surface area (Å²) in [6.07, 6.45) is 1.66. The number of rotatable bonds is 7. The molecule has 0 fully saturated rings. The fourth-order valence-corrected chi connectivity index (χ4v) is 2.31. The van der Waals surface area contributed by atoms with Crippen LogP contribution < -0.4 is 5.32 Å². The molecule has 0 aliphatic carbocycles. The molecule has 4 N–H and O–H groups in total. The van der Waals surface area contributed by atoms with E-state index < -0.39 is 35.2 Å². The molecule has 0 heterocycles. The van der Waals surface area contributed by atoms with Crippen molar-refractivity contribution in [3.63, 3.8) is 0 Å². The lowest BCUT2D eigenvalue weighted by Gasteiger charge is -2.16. The fraction of sp³-hybridized carbons (Fsp3) is 0.286. The Kier molecular flexibility index (Phi) is 6.58. The number of hydrogen-bond donors (Lipinski definition) is 4. The first kappa shape index (κ1) is 17.7. The Morgan fingerprint density at radius 2 is 1.95 bits per heavy atom. The highest BCUT2D eigenvalue weighted by molar-refractivity contribution is 7.99. The quantitative estimate of drug-likeness (QED) is 0.255. The van der Waals surface area contributed by atoms with Crippen LogP contribution >= 0.6 is 11.8 Å². The monoisotopic (exact) mass is 327 g/mol. The molecule has 0 saturated carbocycles. The van der Waals surface area contributed by atoms with Crippen LogP contribution in [0.1, 0.15) is 10.4 Å². The van der Waals surface area contributed by atoms with E-state index in [0.29, 0.717) is 5.75 Å². The van der Waals surface area contributed by atoms with E-state index in [2.05, 4.69) is 16.6 Å². The van der Waals surface area contributed by atoms with E-state index in [1.165, 1.54) is 18.9 Å². The minimum Gasteiger partial charge on any atom is -0.504 e. The molecule has 0 aliphatic rings. The SMILES string of the molecule is C=CCSC[C@H](NC(=O)c1cc(O)c(O)c(O)c1)C(=O)OC. The highest BCUT2D eigenvalue weighted by Gasteiger charge is 2.23. The van der Waals surface area contributed by atoms with Crippen LogP contribution in [0.3, 0.4) is 0 Å². The molecule has 1 rings (SSSR count). The van der Waals surface area contributed by atoms with Gasteiger partial charge in [-0.2, -0.15) is 11.8 Å². The van der Waals surface area contributed by atoms with Crippen LogP contribution in [0.4, 0.5) is 0 Å². The summed E-state index contributed by atoms with van der Waals surface area (Å²) in [6.45, 7) is 3.56. The molecule has 0 spiro atoms. The molecule has 1 atom stereocenters. The number of hydrogen-bond acceptors (Lipinski definition) is 7. The van der Waals surface area contributed by atoms with E-state index in [0.717, 1.165) is 12.1 Å². The van der Waals surface area contributed by atoms with E-state index in [1.54, 1.807) is 6.08 Å². The molecular weight excluding hydrogens is 310 g/mol. The second-order valence-corrected chi connectivity index (χ2v) is 5.31. The van der Waals surface area contributed by atoms with Crippen molar-refractivity contribution in [2.75, 3.05) is 18.6 Å². The van der Waals surface area contributed by atoms with E-state index in [9.17, 15) is 24.9 Å². The van der Waals surface area contributed by atoms with Gasteiger partial charge in [-0.25, -0.2) is 4.79 Å². The fourth-order valence-electron chi connectivity index (χ4n) is 1.56. The number of methoxy groups -OCH3 is 1. The van der Waals surface area contributed by atoms with Crippen LogP contribution in [0.15, 0.2) is 24.8 Å². The summed E-state index contributed by atoms with van der Waals surface area (Å²) in [5.74, 6) is -2.42. The zero-order valence-electron chi connectivity index (χ0n) is 11.9. The van der Waals surface area contributed by atoms with Gasteiger partial charge in [-0.3, -0.25) is 4.79 Å². The Morgan fingerprint density at radius 3 is 2.45 bits per heavy atom. The lowest BCUT2D eigenvalue weighted by Crippen LogP contribution is -2.43.